The maximum absolute atomic E-state index is 12.6. The van der Waals surface area contributed by atoms with E-state index in [2.05, 4.69) is 9.46 Å². The summed E-state index contributed by atoms with van der Waals surface area (Å²) in [6.07, 6.45) is 0. The predicted octanol–water partition coefficient (Wildman–Crippen LogP) is 3.91. The first-order chi connectivity index (χ1) is 13.0. The standard InChI is InChI=1S/C19H17NO5S2/c1-24-19(21)18-17(10-11-26-18)27(22,23)20-15-8-5-9-16(12-15)25-13-14-6-3-2-4-7-14/h2-12,20H,13H2,1H3. The van der Waals surface area contributed by atoms with Gasteiger partial charge in [0, 0.05) is 6.07 Å². The summed E-state index contributed by atoms with van der Waals surface area (Å²) in [6.45, 7) is 0.369. The minimum absolute atomic E-state index is 0.0292. The fourth-order valence-corrected chi connectivity index (χ4v) is 4.74. The van der Waals surface area contributed by atoms with Crippen LogP contribution in [0.15, 0.2) is 70.9 Å². The molecule has 140 valence electrons. The quantitative estimate of drug-likeness (QED) is 0.605. The zero-order valence-electron chi connectivity index (χ0n) is 14.4. The van der Waals surface area contributed by atoms with Gasteiger partial charge < -0.3 is 9.47 Å². The van der Waals surface area contributed by atoms with Crippen molar-refractivity contribution in [2.75, 3.05) is 11.8 Å². The van der Waals surface area contributed by atoms with Crippen molar-refractivity contribution in [1.29, 1.82) is 0 Å². The summed E-state index contributed by atoms with van der Waals surface area (Å²) in [7, 11) is -2.73. The average molecular weight is 403 g/mol. The molecule has 0 fully saturated rings. The van der Waals surface area contributed by atoms with E-state index in [4.69, 9.17) is 4.74 Å². The van der Waals surface area contributed by atoms with Crippen molar-refractivity contribution in [2.24, 2.45) is 0 Å². The molecular formula is C19H17NO5S2. The molecule has 0 saturated carbocycles. The van der Waals surface area contributed by atoms with E-state index in [0.717, 1.165) is 16.9 Å². The molecule has 0 amide bonds. The molecule has 0 bridgehead atoms. The Morgan fingerprint density at radius 1 is 1.07 bits per heavy atom. The second-order valence-corrected chi connectivity index (χ2v) is 8.08. The minimum atomic E-state index is -3.94. The summed E-state index contributed by atoms with van der Waals surface area (Å²) in [4.78, 5) is 11.7. The van der Waals surface area contributed by atoms with Gasteiger partial charge in [-0.25, -0.2) is 13.2 Å². The monoisotopic (exact) mass is 403 g/mol. The molecule has 6 nitrogen and oxygen atoms in total. The molecular weight excluding hydrogens is 386 g/mol. The molecule has 0 aliphatic rings. The highest BCUT2D eigenvalue weighted by molar-refractivity contribution is 7.93. The van der Waals surface area contributed by atoms with Crippen LogP contribution >= 0.6 is 11.3 Å². The maximum Gasteiger partial charge on any atom is 0.349 e. The number of anilines is 1. The third kappa shape index (κ3) is 4.66. The van der Waals surface area contributed by atoms with E-state index < -0.39 is 16.0 Å². The van der Waals surface area contributed by atoms with E-state index >= 15 is 0 Å². The van der Waals surface area contributed by atoms with Crippen LogP contribution in [-0.2, 0) is 21.4 Å². The first kappa shape index (κ1) is 18.9. The average Bonchev–Trinajstić information content (AvgIpc) is 3.17. The number of ether oxygens (including phenoxy) is 2. The van der Waals surface area contributed by atoms with Gasteiger partial charge in [0.15, 0.2) is 0 Å². The number of benzene rings is 2. The number of esters is 1. The van der Waals surface area contributed by atoms with Gasteiger partial charge in [0.1, 0.15) is 22.1 Å². The van der Waals surface area contributed by atoms with Crippen molar-refractivity contribution in [2.45, 2.75) is 11.5 Å². The molecule has 1 N–H and O–H groups in total. The molecule has 2 aromatic carbocycles. The fraction of sp³-hybridized carbons (Fsp3) is 0.105. The van der Waals surface area contributed by atoms with E-state index in [0.29, 0.717) is 18.0 Å². The van der Waals surface area contributed by atoms with Crippen LogP contribution in [0, 0.1) is 0 Å². The van der Waals surface area contributed by atoms with Crippen molar-refractivity contribution >= 4 is 33.0 Å². The number of carbonyl (C=O) groups is 1. The van der Waals surface area contributed by atoms with Crippen LogP contribution in [0.4, 0.5) is 5.69 Å². The first-order valence-corrected chi connectivity index (χ1v) is 10.3. The van der Waals surface area contributed by atoms with Crippen LogP contribution in [0.5, 0.6) is 5.75 Å². The van der Waals surface area contributed by atoms with E-state index in [1.165, 1.54) is 18.6 Å². The van der Waals surface area contributed by atoms with Crippen LogP contribution in [0.2, 0.25) is 0 Å². The summed E-state index contributed by atoms with van der Waals surface area (Å²) in [5, 5.41) is 1.53. The molecule has 27 heavy (non-hydrogen) atoms. The van der Waals surface area contributed by atoms with Crippen LogP contribution in [0.1, 0.15) is 15.2 Å². The molecule has 8 heteroatoms. The molecule has 0 atom stereocenters. The summed E-state index contributed by atoms with van der Waals surface area (Å²) in [5.74, 6) is -0.164. The molecule has 1 heterocycles. The second kappa shape index (κ2) is 8.24. The van der Waals surface area contributed by atoms with E-state index in [1.54, 1.807) is 24.3 Å². The van der Waals surface area contributed by atoms with Crippen LogP contribution in [0.25, 0.3) is 0 Å². The highest BCUT2D eigenvalue weighted by atomic mass is 32.2. The van der Waals surface area contributed by atoms with Crippen molar-refractivity contribution in [1.82, 2.24) is 0 Å². The number of hydrogen-bond donors (Lipinski definition) is 1. The molecule has 0 aliphatic heterocycles. The highest BCUT2D eigenvalue weighted by Gasteiger charge is 2.24. The van der Waals surface area contributed by atoms with Crippen LogP contribution in [0.3, 0.4) is 0 Å². The third-order valence-electron chi connectivity index (χ3n) is 3.62. The van der Waals surface area contributed by atoms with Gasteiger partial charge >= 0.3 is 5.97 Å². The van der Waals surface area contributed by atoms with Crippen LogP contribution < -0.4 is 9.46 Å². The van der Waals surface area contributed by atoms with Gasteiger partial charge in [0.2, 0.25) is 0 Å². The Kier molecular flexibility index (Phi) is 5.78. The lowest BCUT2D eigenvalue weighted by Crippen LogP contribution is -2.15. The topological polar surface area (TPSA) is 81.7 Å². The zero-order chi connectivity index (χ0) is 19.3. The molecule has 0 unspecified atom stereocenters. The van der Waals surface area contributed by atoms with Crippen molar-refractivity contribution < 1.29 is 22.7 Å². The molecule has 0 aliphatic carbocycles. The Hall–Kier alpha value is -2.84. The second-order valence-electron chi connectivity index (χ2n) is 5.51. The number of sulfonamides is 1. The number of thiophene rings is 1. The van der Waals surface area contributed by atoms with Gasteiger partial charge in [-0.05, 0) is 29.1 Å². The van der Waals surface area contributed by atoms with E-state index in [-0.39, 0.29) is 9.77 Å². The van der Waals surface area contributed by atoms with E-state index in [9.17, 15) is 13.2 Å². The van der Waals surface area contributed by atoms with Gasteiger partial charge in [-0.1, -0.05) is 36.4 Å². The molecule has 0 saturated heterocycles. The zero-order valence-corrected chi connectivity index (χ0v) is 16.0. The molecule has 0 spiro atoms. The number of rotatable bonds is 7. The largest absolute Gasteiger partial charge is 0.489 e. The summed E-state index contributed by atoms with van der Waals surface area (Å²) >= 11 is 1.01. The van der Waals surface area contributed by atoms with Gasteiger partial charge in [-0.15, -0.1) is 11.3 Å². The summed E-state index contributed by atoms with van der Waals surface area (Å²) in [6, 6.07) is 17.6. The highest BCUT2D eigenvalue weighted by Crippen LogP contribution is 2.26. The lowest BCUT2D eigenvalue weighted by atomic mass is 10.2. The molecule has 0 radical (unpaired) electrons. The number of nitrogens with one attached hydrogen (secondary N) is 1. The smallest absolute Gasteiger partial charge is 0.349 e. The SMILES string of the molecule is COC(=O)c1sccc1S(=O)(=O)Nc1cccc(OCc2ccccc2)c1. The minimum Gasteiger partial charge on any atom is -0.489 e. The normalized spacial score (nSPS) is 11.0. The Labute approximate surface area is 161 Å². The molecule has 3 rings (SSSR count). The van der Waals surface area contributed by atoms with Gasteiger partial charge in [-0.3, -0.25) is 4.72 Å². The summed E-state index contributed by atoms with van der Waals surface area (Å²) in [5.41, 5.74) is 1.34. The number of carbonyl (C=O) groups excluding carboxylic acids is 1. The van der Waals surface area contributed by atoms with Gasteiger partial charge in [-0.2, -0.15) is 0 Å². The van der Waals surface area contributed by atoms with Crippen molar-refractivity contribution in [3.05, 3.63) is 76.5 Å². The Morgan fingerprint density at radius 2 is 1.85 bits per heavy atom. The Morgan fingerprint density at radius 3 is 2.59 bits per heavy atom. The molecule has 1 aromatic heterocycles. The van der Waals surface area contributed by atoms with Crippen molar-refractivity contribution in [3.8, 4) is 5.75 Å². The number of methoxy groups -OCH3 is 1. The van der Waals surface area contributed by atoms with Gasteiger partial charge in [0.25, 0.3) is 10.0 Å². The van der Waals surface area contributed by atoms with E-state index in [1.807, 2.05) is 30.3 Å². The fourth-order valence-electron chi connectivity index (χ4n) is 2.35. The summed E-state index contributed by atoms with van der Waals surface area (Å²) < 4.78 is 38.1. The van der Waals surface area contributed by atoms with Crippen molar-refractivity contribution in [3.63, 3.8) is 0 Å². The lowest BCUT2D eigenvalue weighted by Gasteiger charge is -2.11. The third-order valence-corrected chi connectivity index (χ3v) is 6.07. The predicted molar refractivity (Wildman–Crippen MR) is 104 cm³/mol. The van der Waals surface area contributed by atoms with Crippen LogP contribution in [-0.4, -0.2) is 21.5 Å². The Balaban J connectivity index is 1.76. The molecule has 3 aromatic rings. The number of hydrogen-bond acceptors (Lipinski definition) is 6. The van der Waals surface area contributed by atoms with Gasteiger partial charge in [0.05, 0.1) is 12.8 Å². The maximum atomic E-state index is 12.6. The lowest BCUT2D eigenvalue weighted by molar-refractivity contribution is 0.0602. The Bertz CT molecular complexity index is 1030. The first-order valence-electron chi connectivity index (χ1n) is 7.95.